The largest absolute Gasteiger partial charge is 0.370 e. The fraction of sp³-hybridized carbons (Fsp3) is 0.294. The highest BCUT2D eigenvalue weighted by molar-refractivity contribution is 7.09. The van der Waals surface area contributed by atoms with Crippen LogP contribution in [0.5, 0.6) is 0 Å². The van der Waals surface area contributed by atoms with Gasteiger partial charge in [0, 0.05) is 18.0 Å². The van der Waals surface area contributed by atoms with E-state index in [2.05, 4.69) is 21.7 Å². The fourth-order valence-electron chi connectivity index (χ4n) is 2.03. The summed E-state index contributed by atoms with van der Waals surface area (Å²) in [4.78, 5) is 17.0. The van der Waals surface area contributed by atoms with Crippen LogP contribution >= 0.6 is 11.3 Å². The molecule has 0 saturated carbocycles. The molecule has 1 aromatic heterocycles. The third-order valence-electron chi connectivity index (χ3n) is 3.23. The minimum absolute atomic E-state index is 0.0482. The van der Waals surface area contributed by atoms with Gasteiger partial charge in [-0.05, 0) is 29.9 Å². The van der Waals surface area contributed by atoms with Crippen LogP contribution in [0.25, 0.3) is 0 Å². The van der Waals surface area contributed by atoms with Crippen molar-refractivity contribution in [1.29, 1.82) is 0 Å². The molecule has 1 heterocycles. The summed E-state index contributed by atoms with van der Waals surface area (Å²) in [6.45, 7) is 1.36. The highest BCUT2D eigenvalue weighted by Gasteiger charge is 2.01. The molecule has 0 fully saturated rings. The summed E-state index contributed by atoms with van der Waals surface area (Å²) in [5.74, 6) is 0.184. The van der Waals surface area contributed by atoms with E-state index in [0.717, 1.165) is 12.8 Å². The lowest BCUT2D eigenvalue weighted by Gasteiger charge is -2.06. The maximum absolute atomic E-state index is 11.7. The monoisotopic (exact) mass is 330 g/mol. The van der Waals surface area contributed by atoms with E-state index in [4.69, 9.17) is 5.73 Å². The third-order valence-corrected chi connectivity index (χ3v) is 4.17. The number of hydrogen-bond donors (Lipinski definition) is 3. The Kier molecular flexibility index (Phi) is 7.13. The number of benzene rings is 1. The van der Waals surface area contributed by atoms with E-state index in [1.165, 1.54) is 10.4 Å². The SMILES string of the molecule is NC(=NCC(=O)NCCc1ccccc1)NCCc1cccs1. The summed E-state index contributed by atoms with van der Waals surface area (Å²) < 4.78 is 0. The lowest BCUT2D eigenvalue weighted by Crippen LogP contribution is -2.35. The summed E-state index contributed by atoms with van der Waals surface area (Å²) in [5, 5.41) is 7.90. The number of hydrogen-bond acceptors (Lipinski definition) is 3. The Morgan fingerprint density at radius 3 is 2.57 bits per heavy atom. The van der Waals surface area contributed by atoms with Crippen LogP contribution in [-0.2, 0) is 17.6 Å². The lowest BCUT2D eigenvalue weighted by atomic mass is 10.1. The highest BCUT2D eigenvalue weighted by atomic mass is 32.1. The summed E-state index contributed by atoms with van der Waals surface area (Å²) in [5.41, 5.74) is 6.94. The summed E-state index contributed by atoms with van der Waals surface area (Å²) in [6.07, 6.45) is 1.71. The van der Waals surface area contributed by atoms with Gasteiger partial charge in [0.15, 0.2) is 5.96 Å². The maximum atomic E-state index is 11.7. The first-order valence-electron chi connectivity index (χ1n) is 7.61. The number of aliphatic imine (C=N–C) groups is 1. The van der Waals surface area contributed by atoms with E-state index < -0.39 is 0 Å². The van der Waals surface area contributed by atoms with Crippen LogP contribution in [0.15, 0.2) is 52.8 Å². The van der Waals surface area contributed by atoms with Crippen molar-refractivity contribution in [3.05, 3.63) is 58.3 Å². The Bertz CT molecular complexity index is 611. The molecular formula is C17H22N4OS. The fourth-order valence-corrected chi connectivity index (χ4v) is 2.74. The van der Waals surface area contributed by atoms with E-state index in [1.807, 2.05) is 41.8 Å². The molecule has 0 saturated heterocycles. The number of amides is 1. The number of thiophene rings is 1. The van der Waals surface area contributed by atoms with Gasteiger partial charge in [0.05, 0.1) is 0 Å². The van der Waals surface area contributed by atoms with Gasteiger partial charge >= 0.3 is 0 Å². The number of nitrogens with one attached hydrogen (secondary N) is 2. The smallest absolute Gasteiger partial charge is 0.241 e. The van der Waals surface area contributed by atoms with Crippen molar-refractivity contribution >= 4 is 23.2 Å². The minimum Gasteiger partial charge on any atom is -0.370 e. The first-order chi connectivity index (χ1) is 11.2. The van der Waals surface area contributed by atoms with Crippen molar-refractivity contribution in [2.75, 3.05) is 19.6 Å². The molecule has 2 aromatic rings. The number of carbonyl (C=O) groups is 1. The van der Waals surface area contributed by atoms with Crippen LogP contribution in [0.3, 0.4) is 0 Å². The zero-order valence-corrected chi connectivity index (χ0v) is 13.8. The molecule has 0 aliphatic rings. The molecule has 0 atom stereocenters. The van der Waals surface area contributed by atoms with Gasteiger partial charge in [-0.1, -0.05) is 36.4 Å². The van der Waals surface area contributed by atoms with Gasteiger partial charge in [-0.2, -0.15) is 0 Å². The van der Waals surface area contributed by atoms with Crippen LogP contribution in [-0.4, -0.2) is 31.5 Å². The molecule has 4 N–H and O–H groups in total. The molecule has 122 valence electrons. The quantitative estimate of drug-likeness (QED) is 0.507. The van der Waals surface area contributed by atoms with Crippen LogP contribution in [0.4, 0.5) is 0 Å². The van der Waals surface area contributed by atoms with E-state index in [0.29, 0.717) is 19.0 Å². The topological polar surface area (TPSA) is 79.5 Å². The predicted octanol–water partition coefficient (Wildman–Crippen LogP) is 1.55. The first kappa shape index (κ1) is 17.0. The second-order valence-corrected chi connectivity index (χ2v) is 6.08. The van der Waals surface area contributed by atoms with E-state index >= 15 is 0 Å². The lowest BCUT2D eigenvalue weighted by molar-refractivity contribution is -0.119. The van der Waals surface area contributed by atoms with Crippen molar-refractivity contribution in [3.8, 4) is 0 Å². The van der Waals surface area contributed by atoms with E-state index in [1.54, 1.807) is 11.3 Å². The molecule has 0 aliphatic carbocycles. The molecule has 2 rings (SSSR count). The van der Waals surface area contributed by atoms with Crippen LogP contribution in [0, 0.1) is 0 Å². The standard InChI is InChI=1S/C17H22N4OS/c18-17(20-11-9-15-7-4-12-23-15)21-13-16(22)19-10-8-14-5-2-1-3-6-14/h1-7,12H,8-11,13H2,(H,19,22)(H3,18,20,21). The normalized spacial score (nSPS) is 11.2. The Morgan fingerprint density at radius 2 is 1.83 bits per heavy atom. The molecule has 6 heteroatoms. The second-order valence-electron chi connectivity index (χ2n) is 5.04. The molecule has 0 unspecified atom stereocenters. The van der Waals surface area contributed by atoms with Gasteiger partial charge in [-0.3, -0.25) is 4.79 Å². The molecule has 0 aliphatic heterocycles. The molecule has 5 nitrogen and oxygen atoms in total. The average molecular weight is 330 g/mol. The molecule has 23 heavy (non-hydrogen) atoms. The molecule has 0 spiro atoms. The van der Waals surface area contributed by atoms with Gasteiger partial charge in [-0.15, -0.1) is 11.3 Å². The predicted molar refractivity (Wildman–Crippen MR) is 95.7 cm³/mol. The zero-order chi connectivity index (χ0) is 16.3. The van der Waals surface area contributed by atoms with E-state index in [9.17, 15) is 4.79 Å². The van der Waals surface area contributed by atoms with Gasteiger partial charge in [0.2, 0.25) is 5.91 Å². The average Bonchev–Trinajstić information content (AvgIpc) is 3.07. The molecule has 1 amide bonds. The number of guanidine groups is 1. The Morgan fingerprint density at radius 1 is 1.04 bits per heavy atom. The third kappa shape index (κ3) is 6.97. The van der Waals surface area contributed by atoms with Gasteiger partial charge < -0.3 is 16.4 Å². The number of nitrogens with two attached hydrogens (primary N) is 1. The number of nitrogens with zero attached hydrogens (tertiary/aromatic N) is 1. The van der Waals surface area contributed by atoms with Crippen molar-refractivity contribution < 1.29 is 4.79 Å². The Hall–Kier alpha value is -2.34. The second kappa shape index (κ2) is 9.63. The minimum atomic E-state index is -0.121. The van der Waals surface area contributed by atoms with Crippen LogP contribution in [0.1, 0.15) is 10.4 Å². The summed E-state index contributed by atoms with van der Waals surface area (Å²) in [6, 6.07) is 14.1. The highest BCUT2D eigenvalue weighted by Crippen LogP contribution is 2.07. The Labute approximate surface area is 140 Å². The molecule has 0 radical (unpaired) electrons. The Balaban J connectivity index is 1.58. The van der Waals surface area contributed by atoms with Crippen molar-refractivity contribution in [1.82, 2.24) is 10.6 Å². The summed E-state index contributed by atoms with van der Waals surface area (Å²) in [7, 11) is 0. The van der Waals surface area contributed by atoms with Crippen LogP contribution in [0.2, 0.25) is 0 Å². The van der Waals surface area contributed by atoms with Gasteiger partial charge in [0.25, 0.3) is 0 Å². The van der Waals surface area contributed by atoms with Crippen molar-refractivity contribution in [2.24, 2.45) is 10.7 Å². The first-order valence-corrected chi connectivity index (χ1v) is 8.49. The maximum Gasteiger partial charge on any atom is 0.241 e. The van der Waals surface area contributed by atoms with Gasteiger partial charge in [-0.25, -0.2) is 4.99 Å². The molecular weight excluding hydrogens is 308 g/mol. The molecule has 0 bridgehead atoms. The number of rotatable bonds is 8. The van der Waals surface area contributed by atoms with Crippen LogP contribution < -0.4 is 16.4 Å². The summed E-state index contributed by atoms with van der Waals surface area (Å²) >= 11 is 1.72. The number of carbonyl (C=O) groups excluding carboxylic acids is 1. The van der Waals surface area contributed by atoms with E-state index in [-0.39, 0.29) is 12.5 Å². The van der Waals surface area contributed by atoms with Crippen molar-refractivity contribution in [2.45, 2.75) is 12.8 Å². The van der Waals surface area contributed by atoms with Crippen molar-refractivity contribution in [3.63, 3.8) is 0 Å². The zero-order valence-electron chi connectivity index (χ0n) is 13.0. The molecule has 1 aromatic carbocycles. The van der Waals surface area contributed by atoms with Gasteiger partial charge in [0.1, 0.15) is 6.54 Å².